The van der Waals surface area contributed by atoms with Crippen LogP contribution in [0.25, 0.3) is 0 Å². The summed E-state index contributed by atoms with van der Waals surface area (Å²) in [6.45, 7) is 9.58. The molecule has 0 spiro atoms. The van der Waals surface area contributed by atoms with Crippen LogP contribution in [0.1, 0.15) is 58.9 Å². The number of para-hydroxylation sites is 2. The van der Waals surface area contributed by atoms with E-state index in [1.165, 1.54) is 29.8 Å². The van der Waals surface area contributed by atoms with Gasteiger partial charge in [-0.3, -0.25) is 0 Å². The number of rotatable bonds is 5. The maximum absolute atomic E-state index is 4.81. The Hall–Kier alpha value is -2.88. The van der Waals surface area contributed by atoms with Crippen LogP contribution in [0.4, 0.5) is 22.9 Å². The van der Waals surface area contributed by atoms with Gasteiger partial charge in [-0.1, -0.05) is 70.5 Å². The van der Waals surface area contributed by atoms with E-state index in [1.54, 1.807) is 6.33 Å². The molecule has 5 rings (SSSR count). The van der Waals surface area contributed by atoms with Crippen molar-refractivity contribution in [2.24, 2.45) is 5.41 Å². The lowest BCUT2D eigenvalue weighted by Gasteiger charge is -2.60. The second-order valence-corrected chi connectivity index (χ2v) is 9.15. The Bertz CT molecular complexity index is 1080. The number of hydrogen-bond donors (Lipinski definition) is 0. The van der Waals surface area contributed by atoms with Gasteiger partial charge in [0.2, 0.25) is 0 Å². The molecule has 0 aliphatic carbocycles. The number of hydrogen-bond acceptors (Lipinski definition) is 4. The van der Waals surface area contributed by atoms with Crippen LogP contribution in [0.2, 0.25) is 0 Å². The van der Waals surface area contributed by atoms with Crippen LogP contribution in [-0.2, 0) is 5.41 Å². The van der Waals surface area contributed by atoms with E-state index in [0.717, 1.165) is 24.3 Å². The van der Waals surface area contributed by atoms with Gasteiger partial charge in [0, 0.05) is 22.2 Å². The molecular weight excluding hydrogens is 380 g/mol. The zero-order valence-corrected chi connectivity index (χ0v) is 19.0. The topological polar surface area (TPSA) is 32.3 Å². The molecule has 160 valence electrons. The molecule has 0 saturated carbocycles. The molecule has 3 atom stereocenters. The standard InChI is InChI=1S/C27H32N4/c1-5-17-27(7-3)21-15-11-12-16-22(21)31-24-23(18-28-19-29-24)30(20-13-9-8-10-14-20)25(31)26(27,4)6-2/h8-16,18-19,25H,5-7,17H2,1-4H3. The first kappa shape index (κ1) is 20.0. The fourth-order valence-corrected chi connectivity index (χ4v) is 6.50. The van der Waals surface area contributed by atoms with Crippen molar-refractivity contribution < 1.29 is 0 Å². The molecule has 3 aromatic rings. The third-order valence-electron chi connectivity index (χ3n) is 8.04. The Labute approximate surface area is 186 Å². The molecule has 1 aromatic heterocycles. The third kappa shape index (κ3) is 2.54. The van der Waals surface area contributed by atoms with Gasteiger partial charge in [-0.05, 0) is 43.0 Å². The average Bonchev–Trinajstić information content (AvgIpc) is 3.18. The zero-order valence-electron chi connectivity index (χ0n) is 19.0. The lowest BCUT2D eigenvalue weighted by atomic mass is 9.52. The van der Waals surface area contributed by atoms with Crippen LogP contribution in [-0.4, -0.2) is 16.1 Å². The number of anilines is 4. The first-order valence-corrected chi connectivity index (χ1v) is 11.7. The molecule has 3 heterocycles. The van der Waals surface area contributed by atoms with E-state index in [1.807, 2.05) is 6.20 Å². The highest BCUT2D eigenvalue weighted by Crippen LogP contribution is 2.65. The summed E-state index contributed by atoms with van der Waals surface area (Å²) >= 11 is 0. The number of aromatic nitrogens is 2. The highest BCUT2D eigenvalue weighted by Gasteiger charge is 2.62. The largest absolute Gasteiger partial charge is 0.315 e. The maximum atomic E-state index is 4.81. The van der Waals surface area contributed by atoms with Crippen molar-refractivity contribution in [3.8, 4) is 0 Å². The molecule has 0 N–H and O–H groups in total. The van der Waals surface area contributed by atoms with Gasteiger partial charge >= 0.3 is 0 Å². The summed E-state index contributed by atoms with van der Waals surface area (Å²) in [5, 5.41) is 0. The molecule has 0 fully saturated rings. The second kappa shape index (κ2) is 7.37. The van der Waals surface area contributed by atoms with Gasteiger partial charge in [0.25, 0.3) is 0 Å². The molecule has 2 aliphatic heterocycles. The van der Waals surface area contributed by atoms with Crippen LogP contribution in [0.5, 0.6) is 0 Å². The quantitative estimate of drug-likeness (QED) is 0.453. The molecule has 31 heavy (non-hydrogen) atoms. The minimum Gasteiger partial charge on any atom is -0.315 e. The number of benzene rings is 2. The van der Waals surface area contributed by atoms with Crippen molar-refractivity contribution >= 4 is 22.9 Å². The first-order valence-electron chi connectivity index (χ1n) is 11.7. The molecule has 3 unspecified atom stereocenters. The maximum Gasteiger partial charge on any atom is 0.162 e. The Kier molecular flexibility index (Phi) is 4.76. The van der Waals surface area contributed by atoms with Crippen molar-refractivity contribution in [3.63, 3.8) is 0 Å². The van der Waals surface area contributed by atoms with Gasteiger partial charge < -0.3 is 9.80 Å². The van der Waals surface area contributed by atoms with Gasteiger partial charge in [0.1, 0.15) is 18.2 Å². The normalized spacial score (nSPS) is 26.4. The van der Waals surface area contributed by atoms with Crippen molar-refractivity contribution in [2.75, 3.05) is 9.80 Å². The molecule has 4 heteroatoms. The van der Waals surface area contributed by atoms with E-state index >= 15 is 0 Å². The predicted molar refractivity (Wildman–Crippen MR) is 128 cm³/mol. The zero-order chi connectivity index (χ0) is 21.6. The predicted octanol–water partition coefficient (Wildman–Crippen LogP) is 6.97. The van der Waals surface area contributed by atoms with Crippen LogP contribution < -0.4 is 9.80 Å². The van der Waals surface area contributed by atoms with E-state index in [-0.39, 0.29) is 17.0 Å². The van der Waals surface area contributed by atoms with Crippen LogP contribution in [0.15, 0.2) is 67.1 Å². The molecule has 0 amide bonds. The molecule has 4 nitrogen and oxygen atoms in total. The summed E-state index contributed by atoms with van der Waals surface area (Å²) in [4.78, 5) is 14.2. The molecule has 0 radical (unpaired) electrons. The lowest BCUT2D eigenvalue weighted by molar-refractivity contribution is 0.0723. The molecule has 2 aliphatic rings. The monoisotopic (exact) mass is 412 g/mol. The van der Waals surface area contributed by atoms with Crippen LogP contribution in [0.3, 0.4) is 0 Å². The fraction of sp³-hybridized carbons (Fsp3) is 0.407. The van der Waals surface area contributed by atoms with Crippen molar-refractivity contribution in [1.29, 1.82) is 0 Å². The second-order valence-electron chi connectivity index (χ2n) is 9.15. The lowest BCUT2D eigenvalue weighted by Crippen LogP contribution is -2.63. The van der Waals surface area contributed by atoms with Crippen molar-refractivity contribution in [2.45, 2.75) is 65.0 Å². The van der Waals surface area contributed by atoms with E-state index in [9.17, 15) is 0 Å². The highest BCUT2D eigenvalue weighted by atomic mass is 15.5. The van der Waals surface area contributed by atoms with Gasteiger partial charge in [-0.25, -0.2) is 9.97 Å². The number of nitrogens with zero attached hydrogens (tertiary/aromatic N) is 4. The third-order valence-corrected chi connectivity index (χ3v) is 8.04. The minimum atomic E-state index is 0.0165. The summed E-state index contributed by atoms with van der Waals surface area (Å²) in [5.41, 5.74) is 5.18. The smallest absolute Gasteiger partial charge is 0.162 e. The van der Waals surface area contributed by atoms with Gasteiger partial charge in [-0.15, -0.1) is 0 Å². The molecule has 0 saturated heterocycles. The van der Waals surface area contributed by atoms with E-state index in [2.05, 4.69) is 97.1 Å². The Morgan fingerprint density at radius 2 is 1.61 bits per heavy atom. The van der Waals surface area contributed by atoms with E-state index in [4.69, 9.17) is 4.98 Å². The Morgan fingerprint density at radius 3 is 2.32 bits per heavy atom. The summed E-state index contributed by atoms with van der Waals surface area (Å²) in [7, 11) is 0. The Morgan fingerprint density at radius 1 is 0.871 bits per heavy atom. The van der Waals surface area contributed by atoms with Gasteiger partial charge in [0.05, 0.1) is 6.20 Å². The first-order chi connectivity index (χ1) is 15.1. The SMILES string of the molecule is CCCC1(CC)c2ccccc2N2c3ncncc3N(c3ccccc3)C2C1(C)CC. The minimum absolute atomic E-state index is 0.0165. The summed E-state index contributed by atoms with van der Waals surface area (Å²) in [6.07, 6.45) is 8.37. The summed E-state index contributed by atoms with van der Waals surface area (Å²) in [6, 6.07) is 19.8. The fourth-order valence-electron chi connectivity index (χ4n) is 6.50. The van der Waals surface area contributed by atoms with Gasteiger partial charge in [0.15, 0.2) is 5.82 Å². The number of fused-ring (bicyclic) bond motifs is 5. The summed E-state index contributed by atoms with van der Waals surface area (Å²) in [5.74, 6) is 1.01. The highest BCUT2D eigenvalue weighted by molar-refractivity contribution is 5.88. The molecule has 0 bridgehead atoms. The van der Waals surface area contributed by atoms with Gasteiger partial charge in [-0.2, -0.15) is 0 Å². The van der Waals surface area contributed by atoms with E-state index in [0.29, 0.717) is 0 Å². The van der Waals surface area contributed by atoms with Crippen molar-refractivity contribution in [1.82, 2.24) is 9.97 Å². The van der Waals surface area contributed by atoms with E-state index < -0.39 is 0 Å². The average molecular weight is 413 g/mol. The summed E-state index contributed by atoms with van der Waals surface area (Å²) < 4.78 is 0. The molecular formula is C27H32N4. The van der Waals surface area contributed by atoms with Crippen molar-refractivity contribution in [3.05, 3.63) is 72.7 Å². The van der Waals surface area contributed by atoms with Crippen LogP contribution in [0, 0.1) is 5.41 Å². The molecule has 2 aromatic carbocycles. The Balaban J connectivity index is 1.86. The van der Waals surface area contributed by atoms with Crippen LogP contribution >= 0.6 is 0 Å².